The fraction of sp³-hybridized carbons (Fsp3) is 1.00. The molecule has 2 fully saturated rings. The number of piperidine rings is 1. The molecule has 0 amide bonds. The van der Waals surface area contributed by atoms with Crippen LogP contribution in [0.5, 0.6) is 0 Å². The average molecular weight is 211 g/mol. The first-order chi connectivity index (χ1) is 6.86. The van der Waals surface area contributed by atoms with E-state index in [0.717, 1.165) is 25.7 Å². The lowest BCUT2D eigenvalue weighted by Crippen LogP contribution is -2.48. The van der Waals surface area contributed by atoms with Crippen LogP contribution in [0.2, 0.25) is 0 Å². The van der Waals surface area contributed by atoms with Crippen molar-refractivity contribution in [1.82, 2.24) is 5.32 Å². The zero-order chi connectivity index (χ0) is 11.1. The first kappa shape index (κ1) is 11.4. The molecule has 0 aromatic heterocycles. The highest BCUT2D eigenvalue weighted by Gasteiger charge is 2.42. The summed E-state index contributed by atoms with van der Waals surface area (Å²) in [5.74, 6) is 0. The van der Waals surface area contributed by atoms with E-state index in [4.69, 9.17) is 0 Å². The third kappa shape index (κ3) is 2.94. The van der Waals surface area contributed by atoms with Crippen LogP contribution < -0.4 is 5.32 Å². The average Bonchev–Trinajstić information content (AvgIpc) is 2.42. The highest BCUT2D eigenvalue weighted by atomic mass is 16.3. The molecule has 2 aliphatic heterocycles. The number of hydrogen-bond acceptors (Lipinski definition) is 2. The highest BCUT2D eigenvalue weighted by molar-refractivity contribution is 5.00. The quantitative estimate of drug-likeness (QED) is 0.735. The summed E-state index contributed by atoms with van der Waals surface area (Å²) in [6, 6.07) is 1.18. The maximum atomic E-state index is 10.6. The second-order valence-electron chi connectivity index (χ2n) is 6.83. The predicted octanol–water partition coefficient (Wildman–Crippen LogP) is 2.46. The molecular weight excluding hydrogens is 186 g/mol. The molecule has 2 rings (SSSR count). The van der Waals surface area contributed by atoms with Crippen molar-refractivity contribution in [2.75, 3.05) is 0 Å². The molecule has 2 bridgehead atoms. The van der Waals surface area contributed by atoms with Gasteiger partial charge in [0.05, 0.1) is 5.60 Å². The summed E-state index contributed by atoms with van der Waals surface area (Å²) in [5.41, 5.74) is -0.0238. The van der Waals surface area contributed by atoms with Crippen molar-refractivity contribution in [3.05, 3.63) is 0 Å². The summed E-state index contributed by atoms with van der Waals surface area (Å²) < 4.78 is 0. The molecule has 0 saturated carbocycles. The Morgan fingerprint density at radius 2 is 1.73 bits per heavy atom. The SMILES string of the molecule is CC(C)(C)CCC1(O)CC2CCC(C1)N2. The van der Waals surface area contributed by atoms with Crippen LogP contribution in [0.25, 0.3) is 0 Å². The van der Waals surface area contributed by atoms with Gasteiger partial charge < -0.3 is 10.4 Å². The van der Waals surface area contributed by atoms with Gasteiger partial charge in [0, 0.05) is 12.1 Å². The molecule has 2 nitrogen and oxygen atoms in total. The van der Waals surface area contributed by atoms with Crippen molar-refractivity contribution >= 4 is 0 Å². The molecule has 88 valence electrons. The van der Waals surface area contributed by atoms with E-state index in [-0.39, 0.29) is 5.60 Å². The molecule has 0 radical (unpaired) electrons. The van der Waals surface area contributed by atoms with E-state index in [9.17, 15) is 5.11 Å². The molecule has 2 atom stereocenters. The topological polar surface area (TPSA) is 32.3 Å². The van der Waals surface area contributed by atoms with Gasteiger partial charge in [0.15, 0.2) is 0 Å². The standard InChI is InChI=1S/C13H25NO/c1-12(2,3)6-7-13(15)8-10-4-5-11(9-13)14-10/h10-11,14-15H,4-9H2,1-3H3. The lowest BCUT2D eigenvalue weighted by molar-refractivity contribution is -0.0218. The van der Waals surface area contributed by atoms with Gasteiger partial charge in [-0.3, -0.25) is 0 Å². The summed E-state index contributed by atoms with van der Waals surface area (Å²) in [6.45, 7) is 6.77. The van der Waals surface area contributed by atoms with Crippen LogP contribution in [0.1, 0.15) is 59.3 Å². The van der Waals surface area contributed by atoms with Gasteiger partial charge in [-0.15, -0.1) is 0 Å². The van der Waals surface area contributed by atoms with Crippen LogP contribution in [-0.2, 0) is 0 Å². The lowest BCUT2D eigenvalue weighted by Gasteiger charge is -2.38. The predicted molar refractivity (Wildman–Crippen MR) is 62.8 cm³/mol. The molecule has 0 aliphatic carbocycles. The van der Waals surface area contributed by atoms with Crippen molar-refractivity contribution in [2.24, 2.45) is 5.41 Å². The van der Waals surface area contributed by atoms with E-state index >= 15 is 0 Å². The van der Waals surface area contributed by atoms with E-state index in [1.54, 1.807) is 0 Å². The first-order valence-corrected chi connectivity index (χ1v) is 6.35. The fourth-order valence-electron chi connectivity index (χ4n) is 3.04. The molecule has 2 saturated heterocycles. The highest BCUT2D eigenvalue weighted by Crippen LogP contribution is 2.38. The molecule has 0 aromatic rings. The van der Waals surface area contributed by atoms with Crippen LogP contribution in [0, 0.1) is 5.41 Å². The minimum Gasteiger partial charge on any atom is -0.390 e. The molecule has 0 aromatic carbocycles. The van der Waals surface area contributed by atoms with Crippen molar-refractivity contribution in [3.63, 3.8) is 0 Å². The number of hydrogen-bond donors (Lipinski definition) is 2. The molecule has 15 heavy (non-hydrogen) atoms. The second kappa shape index (κ2) is 3.74. The Bertz CT molecular complexity index is 219. The molecule has 2 N–H and O–H groups in total. The Hall–Kier alpha value is -0.0800. The Balaban J connectivity index is 1.90. The minimum atomic E-state index is -0.371. The van der Waals surface area contributed by atoms with Crippen molar-refractivity contribution in [2.45, 2.75) is 77.0 Å². The molecule has 0 spiro atoms. The van der Waals surface area contributed by atoms with E-state index in [0.29, 0.717) is 17.5 Å². The largest absolute Gasteiger partial charge is 0.390 e. The summed E-state index contributed by atoms with van der Waals surface area (Å²) in [4.78, 5) is 0. The molecular formula is C13H25NO. The monoisotopic (exact) mass is 211 g/mol. The maximum absolute atomic E-state index is 10.6. The van der Waals surface area contributed by atoms with Gasteiger partial charge in [0.1, 0.15) is 0 Å². The fourth-order valence-corrected chi connectivity index (χ4v) is 3.04. The summed E-state index contributed by atoms with van der Waals surface area (Å²) in [7, 11) is 0. The van der Waals surface area contributed by atoms with Gasteiger partial charge in [-0.05, 0) is 43.9 Å². The summed E-state index contributed by atoms with van der Waals surface area (Å²) in [6.07, 6.45) is 6.58. The van der Waals surface area contributed by atoms with Crippen LogP contribution >= 0.6 is 0 Å². The Labute approximate surface area is 93.5 Å². The summed E-state index contributed by atoms with van der Waals surface area (Å²) >= 11 is 0. The summed E-state index contributed by atoms with van der Waals surface area (Å²) in [5, 5.41) is 14.2. The third-order valence-electron chi connectivity index (χ3n) is 3.93. The maximum Gasteiger partial charge on any atom is 0.0677 e. The number of nitrogens with one attached hydrogen (secondary N) is 1. The van der Waals surface area contributed by atoms with Crippen molar-refractivity contribution in [1.29, 1.82) is 0 Å². The third-order valence-corrected chi connectivity index (χ3v) is 3.93. The van der Waals surface area contributed by atoms with Gasteiger partial charge in [-0.2, -0.15) is 0 Å². The van der Waals surface area contributed by atoms with Gasteiger partial charge in [-0.1, -0.05) is 20.8 Å². The number of fused-ring (bicyclic) bond motifs is 2. The Morgan fingerprint density at radius 3 is 2.20 bits per heavy atom. The Morgan fingerprint density at radius 1 is 1.20 bits per heavy atom. The zero-order valence-corrected chi connectivity index (χ0v) is 10.3. The minimum absolute atomic E-state index is 0.347. The molecule has 2 heterocycles. The van der Waals surface area contributed by atoms with Crippen LogP contribution in [-0.4, -0.2) is 22.8 Å². The number of rotatable bonds is 2. The van der Waals surface area contributed by atoms with Gasteiger partial charge in [0.2, 0.25) is 0 Å². The van der Waals surface area contributed by atoms with Crippen LogP contribution in [0.15, 0.2) is 0 Å². The van der Waals surface area contributed by atoms with Gasteiger partial charge >= 0.3 is 0 Å². The van der Waals surface area contributed by atoms with Gasteiger partial charge in [-0.25, -0.2) is 0 Å². The van der Waals surface area contributed by atoms with Gasteiger partial charge in [0.25, 0.3) is 0 Å². The van der Waals surface area contributed by atoms with E-state index < -0.39 is 0 Å². The zero-order valence-electron chi connectivity index (χ0n) is 10.3. The van der Waals surface area contributed by atoms with E-state index in [2.05, 4.69) is 26.1 Å². The van der Waals surface area contributed by atoms with Crippen molar-refractivity contribution in [3.8, 4) is 0 Å². The number of aliphatic hydroxyl groups is 1. The second-order valence-corrected chi connectivity index (χ2v) is 6.83. The molecule has 2 aliphatic rings. The molecule has 2 unspecified atom stereocenters. The van der Waals surface area contributed by atoms with Crippen molar-refractivity contribution < 1.29 is 5.11 Å². The Kier molecular flexibility index (Phi) is 2.85. The van der Waals surface area contributed by atoms with E-state index in [1.165, 1.54) is 12.8 Å². The first-order valence-electron chi connectivity index (χ1n) is 6.35. The smallest absolute Gasteiger partial charge is 0.0677 e. The van der Waals surface area contributed by atoms with E-state index in [1.807, 2.05) is 0 Å². The van der Waals surface area contributed by atoms with Crippen LogP contribution in [0.4, 0.5) is 0 Å². The van der Waals surface area contributed by atoms with Crippen LogP contribution in [0.3, 0.4) is 0 Å². The normalized spacial score (nSPS) is 40.8. The lowest BCUT2D eigenvalue weighted by atomic mass is 9.79. The molecule has 2 heteroatoms.